The summed E-state index contributed by atoms with van der Waals surface area (Å²) in [6, 6.07) is 10.4. The summed E-state index contributed by atoms with van der Waals surface area (Å²) in [6.45, 7) is 0.0966. The van der Waals surface area contributed by atoms with Crippen molar-refractivity contribution >= 4 is 21.8 Å². The number of hydrogen-bond acceptors (Lipinski definition) is 1. The molecule has 0 saturated heterocycles. The Morgan fingerprint density at radius 3 is 2.70 bits per heavy atom. The molecule has 5 heteroatoms. The van der Waals surface area contributed by atoms with Crippen LogP contribution in [0.4, 0.5) is 8.78 Å². The molecule has 0 aliphatic rings. The highest BCUT2D eigenvalue weighted by Gasteiger charge is 2.07. The molecule has 20 heavy (non-hydrogen) atoms. The van der Waals surface area contributed by atoms with Gasteiger partial charge in [0.05, 0.1) is 6.42 Å². The minimum Gasteiger partial charge on any atom is -0.352 e. The molecule has 0 fully saturated rings. The van der Waals surface area contributed by atoms with Crippen LogP contribution in [0.25, 0.3) is 0 Å². The minimum absolute atomic E-state index is 0.0629. The lowest BCUT2D eigenvalue weighted by Gasteiger charge is -2.07. The summed E-state index contributed by atoms with van der Waals surface area (Å²) in [6.07, 6.45) is 0.0629. The summed E-state index contributed by atoms with van der Waals surface area (Å²) < 4.78 is 27.2. The van der Waals surface area contributed by atoms with Crippen LogP contribution in [-0.2, 0) is 17.8 Å². The first-order valence-electron chi connectivity index (χ1n) is 5.99. The predicted molar refractivity (Wildman–Crippen MR) is 76.1 cm³/mol. The van der Waals surface area contributed by atoms with Crippen molar-refractivity contribution in [2.45, 2.75) is 13.0 Å². The van der Waals surface area contributed by atoms with Crippen LogP contribution in [0.3, 0.4) is 0 Å². The van der Waals surface area contributed by atoms with Gasteiger partial charge in [0.25, 0.3) is 0 Å². The smallest absolute Gasteiger partial charge is 0.224 e. The number of rotatable bonds is 4. The molecule has 2 rings (SSSR count). The van der Waals surface area contributed by atoms with E-state index in [1.165, 1.54) is 18.2 Å². The average molecular weight is 340 g/mol. The van der Waals surface area contributed by atoms with Crippen molar-refractivity contribution in [2.24, 2.45) is 0 Å². The van der Waals surface area contributed by atoms with E-state index < -0.39 is 0 Å². The van der Waals surface area contributed by atoms with Crippen LogP contribution >= 0.6 is 15.9 Å². The lowest BCUT2D eigenvalue weighted by Crippen LogP contribution is -2.25. The maximum atomic E-state index is 13.5. The molecule has 0 aliphatic carbocycles. The number of halogens is 3. The zero-order chi connectivity index (χ0) is 14.5. The second-order valence-corrected chi connectivity index (χ2v) is 5.23. The fourth-order valence-electron chi connectivity index (χ4n) is 1.77. The largest absolute Gasteiger partial charge is 0.352 e. The molecule has 0 heterocycles. The van der Waals surface area contributed by atoms with E-state index in [0.29, 0.717) is 11.1 Å². The standard InChI is InChI=1S/C15H12BrF2NO/c16-12-4-5-14(18)11(8-12)9-19-15(20)7-10-2-1-3-13(17)6-10/h1-6,8H,7,9H2,(H,19,20). The lowest BCUT2D eigenvalue weighted by molar-refractivity contribution is -0.120. The summed E-state index contributed by atoms with van der Waals surface area (Å²) in [7, 11) is 0. The number of benzene rings is 2. The first kappa shape index (κ1) is 14.7. The summed E-state index contributed by atoms with van der Waals surface area (Å²) >= 11 is 3.24. The minimum atomic E-state index is -0.381. The number of carbonyl (C=O) groups is 1. The Morgan fingerprint density at radius 2 is 1.95 bits per heavy atom. The predicted octanol–water partition coefficient (Wildman–Crippen LogP) is 3.59. The summed E-state index contributed by atoms with van der Waals surface area (Å²) in [4.78, 5) is 11.7. The lowest BCUT2D eigenvalue weighted by atomic mass is 10.1. The first-order valence-corrected chi connectivity index (χ1v) is 6.79. The highest BCUT2D eigenvalue weighted by atomic mass is 79.9. The summed E-state index contributed by atoms with van der Waals surface area (Å²) in [5.41, 5.74) is 0.976. The normalized spacial score (nSPS) is 10.3. The van der Waals surface area contributed by atoms with Crippen LogP contribution in [0.2, 0.25) is 0 Å². The molecular formula is C15H12BrF2NO. The number of hydrogen-bond donors (Lipinski definition) is 1. The van der Waals surface area contributed by atoms with Gasteiger partial charge in [-0.3, -0.25) is 4.79 Å². The van der Waals surface area contributed by atoms with E-state index in [9.17, 15) is 13.6 Å². The highest BCUT2D eigenvalue weighted by Crippen LogP contribution is 2.15. The van der Waals surface area contributed by atoms with Gasteiger partial charge in [0.2, 0.25) is 5.91 Å². The second-order valence-electron chi connectivity index (χ2n) is 4.32. The van der Waals surface area contributed by atoms with Crippen LogP contribution in [0.1, 0.15) is 11.1 Å². The Bertz CT molecular complexity index is 631. The molecule has 2 nitrogen and oxygen atoms in total. The van der Waals surface area contributed by atoms with Crippen molar-refractivity contribution in [2.75, 3.05) is 0 Å². The highest BCUT2D eigenvalue weighted by molar-refractivity contribution is 9.10. The van der Waals surface area contributed by atoms with Crippen LogP contribution < -0.4 is 5.32 Å². The molecule has 0 spiro atoms. The van der Waals surface area contributed by atoms with Crippen molar-refractivity contribution in [3.63, 3.8) is 0 Å². The van der Waals surface area contributed by atoms with Crippen LogP contribution in [-0.4, -0.2) is 5.91 Å². The molecule has 0 bridgehead atoms. The van der Waals surface area contributed by atoms with Crippen LogP contribution in [0.15, 0.2) is 46.9 Å². The van der Waals surface area contributed by atoms with Gasteiger partial charge in [-0.2, -0.15) is 0 Å². The molecule has 0 unspecified atom stereocenters. The molecule has 0 atom stereocenters. The van der Waals surface area contributed by atoms with E-state index in [1.54, 1.807) is 24.3 Å². The van der Waals surface area contributed by atoms with Gasteiger partial charge in [0.1, 0.15) is 11.6 Å². The Hall–Kier alpha value is -1.75. The molecule has 2 aromatic rings. The van der Waals surface area contributed by atoms with Gasteiger partial charge in [0.15, 0.2) is 0 Å². The van der Waals surface area contributed by atoms with E-state index >= 15 is 0 Å². The van der Waals surface area contributed by atoms with E-state index in [4.69, 9.17) is 0 Å². The van der Waals surface area contributed by atoms with Crippen LogP contribution in [0, 0.1) is 11.6 Å². The Balaban J connectivity index is 1.94. The van der Waals surface area contributed by atoms with Gasteiger partial charge < -0.3 is 5.32 Å². The second kappa shape index (κ2) is 6.61. The third kappa shape index (κ3) is 4.13. The zero-order valence-electron chi connectivity index (χ0n) is 10.5. The Labute approximate surface area is 123 Å². The molecule has 0 aliphatic heterocycles. The van der Waals surface area contributed by atoms with Crippen molar-refractivity contribution < 1.29 is 13.6 Å². The SMILES string of the molecule is O=C(Cc1cccc(F)c1)NCc1cc(Br)ccc1F. The van der Waals surface area contributed by atoms with Crippen LogP contribution in [0.5, 0.6) is 0 Å². The summed E-state index contributed by atoms with van der Waals surface area (Å²) in [5, 5.41) is 2.61. The molecule has 0 radical (unpaired) electrons. The van der Waals surface area contributed by atoms with E-state index in [-0.39, 0.29) is 30.5 Å². The molecule has 104 valence electrons. The molecule has 0 aromatic heterocycles. The zero-order valence-corrected chi connectivity index (χ0v) is 12.1. The Morgan fingerprint density at radius 1 is 1.15 bits per heavy atom. The molecular weight excluding hydrogens is 328 g/mol. The molecule has 2 aromatic carbocycles. The van der Waals surface area contributed by atoms with E-state index in [1.807, 2.05) is 0 Å². The third-order valence-electron chi connectivity index (χ3n) is 2.74. The van der Waals surface area contributed by atoms with E-state index in [0.717, 1.165) is 4.47 Å². The van der Waals surface area contributed by atoms with E-state index in [2.05, 4.69) is 21.2 Å². The maximum Gasteiger partial charge on any atom is 0.224 e. The van der Waals surface area contributed by atoms with Gasteiger partial charge in [-0.25, -0.2) is 8.78 Å². The topological polar surface area (TPSA) is 29.1 Å². The average Bonchev–Trinajstić information content (AvgIpc) is 2.40. The van der Waals surface area contributed by atoms with Crippen molar-refractivity contribution in [3.8, 4) is 0 Å². The number of nitrogens with one attached hydrogen (secondary N) is 1. The molecule has 1 N–H and O–H groups in total. The molecule has 1 amide bonds. The van der Waals surface area contributed by atoms with Crippen molar-refractivity contribution in [1.82, 2.24) is 5.32 Å². The fourth-order valence-corrected chi connectivity index (χ4v) is 2.18. The third-order valence-corrected chi connectivity index (χ3v) is 3.23. The van der Waals surface area contributed by atoms with Crippen molar-refractivity contribution in [1.29, 1.82) is 0 Å². The maximum absolute atomic E-state index is 13.5. The fraction of sp³-hybridized carbons (Fsp3) is 0.133. The van der Waals surface area contributed by atoms with Gasteiger partial charge in [-0.15, -0.1) is 0 Å². The summed E-state index contributed by atoms with van der Waals surface area (Å²) in [5.74, 6) is -1.04. The first-order chi connectivity index (χ1) is 9.54. The van der Waals surface area contributed by atoms with Gasteiger partial charge in [-0.05, 0) is 35.9 Å². The monoisotopic (exact) mass is 339 g/mol. The number of amides is 1. The van der Waals surface area contributed by atoms with Crippen molar-refractivity contribution in [3.05, 3.63) is 69.7 Å². The van der Waals surface area contributed by atoms with Gasteiger partial charge in [-0.1, -0.05) is 28.1 Å². The molecule has 0 saturated carbocycles. The number of carbonyl (C=O) groups excluding carboxylic acids is 1. The Kier molecular flexibility index (Phi) is 4.84. The van der Waals surface area contributed by atoms with Gasteiger partial charge >= 0.3 is 0 Å². The quantitative estimate of drug-likeness (QED) is 0.906. The van der Waals surface area contributed by atoms with Gasteiger partial charge in [0, 0.05) is 16.6 Å².